The number of aromatic carboxylic acids is 1. The van der Waals surface area contributed by atoms with Gasteiger partial charge in [-0.15, -0.1) is 0 Å². The number of anilines is 3. The quantitative estimate of drug-likeness (QED) is 0.484. The topological polar surface area (TPSA) is 166 Å². The van der Waals surface area contributed by atoms with Crippen molar-refractivity contribution in [2.24, 2.45) is 5.73 Å². The number of hydrogen-bond acceptors (Lipinski definition) is 9. The highest BCUT2D eigenvalue weighted by molar-refractivity contribution is 7.18. The summed E-state index contributed by atoms with van der Waals surface area (Å²) in [6, 6.07) is 5.31. The van der Waals surface area contributed by atoms with Gasteiger partial charge in [-0.25, -0.2) is 14.2 Å². The molecule has 0 aliphatic heterocycles. The summed E-state index contributed by atoms with van der Waals surface area (Å²) in [4.78, 5) is 40.8. The fraction of sp³-hybridized carbons (Fsp3) is 0.118. The van der Waals surface area contributed by atoms with Crippen molar-refractivity contribution in [2.75, 3.05) is 10.6 Å². The molecule has 10 nitrogen and oxygen atoms in total. The molecule has 0 radical (unpaired) electrons. The van der Waals surface area contributed by atoms with Crippen LogP contribution < -0.4 is 16.4 Å². The molecule has 1 aromatic carbocycles. The number of nitrogens with two attached hydrogens (primary N) is 2. The summed E-state index contributed by atoms with van der Waals surface area (Å²) in [6.07, 6.45) is 0. The van der Waals surface area contributed by atoms with E-state index in [9.17, 15) is 18.8 Å². The molecule has 3 rings (SSSR count). The molecule has 2 heterocycles. The van der Waals surface area contributed by atoms with Gasteiger partial charge in [-0.3, -0.25) is 9.59 Å². The minimum atomic E-state index is -1.36. The summed E-state index contributed by atoms with van der Waals surface area (Å²) in [5.41, 5.74) is 11.2. The molecule has 1 unspecified atom stereocenters. The first-order valence-electron chi connectivity index (χ1n) is 8.04. The molecular formula is C17H14FN5O5S. The van der Waals surface area contributed by atoms with Crippen LogP contribution in [0, 0.1) is 5.82 Å². The van der Waals surface area contributed by atoms with Gasteiger partial charge in [0, 0.05) is 11.8 Å². The highest BCUT2D eigenvalue weighted by Crippen LogP contribution is 2.36. The van der Waals surface area contributed by atoms with E-state index in [0.717, 1.165) is 17.4 Å². The second kappa shape index (κ2) is 7.67. The van der Waals surface area contributed by atoms with Crippen LogP contribution in [0.15, 0.2) is 34.9 Å². The Morgan fingerprint density at radius 2 is 1.93 bits per heavy atom. The molecule has 12 heteroatoms. The first kappa shape index (κ1) is 19.9. The van der Waals surface area contributed by atoms with Crippen LogP contribution in [0.25, 0.3) is 0 Å². The van der Waals surface area contributed by atoms with E-state index in [-0.39, 0.29) is 21.6 Å². The van der Waals surface area contributed by atoms with E-state index in [4.69, 9.17) is 21.1 Å². The number of amides is 1. The number of primary amides is 1. The molecule has 1 amide bonds. The van der Waals surface area contributed by atoms with Crippen molar-refractivity contribution < 1.29 is 28.4 Å². The molecule has 3 aromatic rings. The predicted octanol–water partition coefficient (Wildman–Crippen LogP) is 1.79. The maximum absolute atomic E-state index is 13.3. The Morgan fingerprint density at radius 3 is 2.48 bits per heavy atom. The maximum Gasteiger partial charge on any atom is 0.358 e. The molecule has 0 aliphatic carbocycles. The minimum absolute atomic E-state index is 0.0446. The third-order valence-electron chi connectivity index (χ3n) is 3.91. The number of rotatable bonds is 7. The summed E-state index contributed by atoms with van der Waals surface area (Å²) in [5.74, 6) is -3.74. The van der Waals surface area contributed by atoms with Gasteiger partial charge in [-0.2, -0.15) is 0 Å². The van der Waals surface area contributed by atoms with E-state index in [1.165, 1.54) is 36.1 Å². The van der Waals surface area contributed by atoms with Crippen LogP contribution in [0.2, 0.25) is 0 Å². The zero-order valence-corrected chi connectivity index (χ0v) is 15.6. The molecule has 29 heavy (non-hydrogen) atoms. The molecule has 0 fully saturated rings. The monoisotopic (exact) mass is 419 g/mol. The summed E-state index contributed by atoms with van der Waals surface area (Å²) in [5, 5.41) is 12.3. The van der Waals surface area contributed by atoms with Gasteiger partial charge in [-0.05, 0) is 31.2 Å². The fourth-order valence-electron chi connectivity index (χ4n) is 2.41. The van der Waals surface area contributed by atoms with E-state index >= 15 is 0 Å². The highest BCUT2D eigenvalue weighted by atomic mass is 32.1. The van der Waals surface area contributed by atoms with Crippen LogP contribution in [-0.4, -0.2) is 38.9 Å². The van der Waals surface area contributed by atoms with Gasteiger partial charge in [0.25, 0.3) is 0 Å². The van der Waals surface area contributed by atoms with Crippen LogP contribution in [0.4, 0.5) is 21.0 Å². The van der Waals surface area contributed by atoms with Crippen LogP contribution in [0.5, 0.6) is 0 Å². The summed E-state index contributed by atoms with van der Waals surface area (Å²) in [7, 11) is 0. The highest BCUT2D eigenvalue weighted by Gasteiger charge is 2.29. The van der Waals surface area contributed by atoms with Gasteiger partial charge in [0.15, 0.2) is 10.8 Å². The largest absolute Gasteiger partial charge is 0.476 e. The van der Waals surface area contributed by atoms with E-state index in [1.807, 2.05) is 0 Å². The molecule has 2 aromatic heterocycles. The number of ketones is 1. The number of hydrogen-bond donors (Lipinski definition) is 3. The van der Waals surface area contributed by atoms with Crippen molar-refractivity contribution in [3.05, 3.63) is 52.5 Å². The lowest BCUT2D eigenvalue weighted by Crippen LogP contribution is -2.39. The number of carboxylic acid groups (broad SMARTS) is 1. The molecule has 150 valence electrons. The molecular weight excluding hydrogens is 405 g/mol. The molecule has 0 aliphatic rings. The number of carbonyl (C=O) groups excluding carboxylic acids is 2. The fourth-order valence-corrected chi connectivity index (χ4v) is 3.44. The van der Waals surface area contributed by atoms with Crippen LogP contribution in [0.1, 0.15) is 32.8 Å². The van der Waals surface area contributed by atoms with Crippen LogP contribution >= 0.6 is 11.3 Å². The number of benzene rings is 1. The second-order valence-electron chi connectivity index (χ2n) is 5.85. The minimum Gasteiger partial charge on any atom is -0.476 e. The average Bonchev–Trinajstić information content (AvgIpc) is 3.30. The molecule has 0 bridgehead atoms. The Balaban J connectivity index is 2.02. The van der Waals surface area contributed by atoms with E-state index < -0.39 is 35.2 Å². The number of halogens is 1. The Hall–Kier alpha value is -3.80. The van der Waals surface area contributed by atoms with Crippen molar-refractivity contribution in [2.45, 2.75) is 13.0 Å². The zero-order valence-electron chi connectivity index (χ0n) is 14.8. The average molecular weight is 419 g/mol. The molecule has 5 N–H and O–H groups in total. The number of aromatic nitrogens is 2. The zero-order chi connectivity index (χ0) is 21.3. The van der Waals surface area contributed by atoms with Crippen molar-refractivity contribution in [1.82, 2.24) is 10.1 Å². The number of nitrogen functional groups attached to an aromatic ring is 1. The van der Waals surface area contributed by atoms with E-state index in [0.29, 0.717) is 5.69 Å². The normalized spacial score (nSPS) is 11.8. The number of thiazole rings is 1. The van der Waals surface area contributed by atoms with Crippen molar-refractivity contribution in [3.8, 4) is 0 Å². The molecule has 0 spiro atoms. The lowest BCUT2D eigenvalue weighted by Gasteiger charge is -2.26. The first-order valence-corrected chi connectivity index (χ1v) is 8.85. The number of carboxylic acids is 1. The summed E-state index contributed by atoms with van der Waals surface area (Å²) in [6.45, 7) is 1.51. The standard InChI is InChI=1S/C17H14FN5O5S/c1-7(15(20)25)23(9-4-2-8(18)3-5-9)17-21-14(19)13(29-17)12(24)11-6-10(16(26)27)22-28-11/h2-7H,19H2,1H3,(H2,20,25)(H,26,27). The van der Waals surface area contributed by atoms with E-state index in [1.54, 1.807) is 0 Å². The Kier molecular flexibility index (Phi) is 5.28. The van der Waals surface area contributed by atoms with Crippen molar-refractivity contribution in [1.29, 1.82) is 0 Å². The lowest BCUT2D eigenvalue weighted by molar-refractivity contribution is -0.118. The van der Waals surface area contributed by atoms with Gasteiger partial charge in [0.1, 0.15) is 22.6 Å². The van der Waals surface area contributed by atoms with Gasteiger partial charge >= 0.3 is 5.97 Å². The SMILES string of the molecule is CC(C(N)=O)N(c1ccc(F)cc1)c1nc(N)c(C(=O)c2cc(C(=O)O)no2)s1. The van der Waals surface area contributed by atoms with Gasteiger partial charge in [0.05, 0.1) is 0 Å². The number of carbonyl (C=O) groups is 3. The number of nitrogens with zero attached hydrogens (tertiary/aromatic N) is 3. The van der Waals surface area contributed by atoms with Crippen molar-refractivity contribution in [3.63, 3.8) is 0 Å². The Bertz CT molecular complexity index is 1090. The Labute approximate surface area is 166 Å². The summed E-state index contributed by atoms with van der Waals surface area (Å²) < 4.78 is 18.1. The lowest BCUT2D eigenvalue weighted by atomic mass is 10.2. The maximum atomic E-state index is 13.3. The molecule has 0 saturated carbocycles. The third-order valence-corrected chi connectivity index (χ3v) is 4.98. The molecule has 0 saturated heterocycles. The van der Waals surface area contributed by atoms with Crippen LogP contribution in [0.3, 0.4) is 0 Å². The van der Waals surface area contributed by atoms with E-state index in [2.05, 4.69) is 10.1 Å². The van der Waals surface area contributed by atoms with Gasteiger partial charge in [-0.1, -0.05) is 16.5 Å². The molecule has 1 atom stereocenters. The second-order valence-corrected chi connectivity index (χ2v) is 6.82. The van der Waals surface area contributed by atoms with Crippen molar-refractivity contribution >= 4 is 45.6 Å². The predicted molar refractivity (Wildman–Crippen MR) is 101 cm³/mol. The Morgan fingerprint density at radius 1 is 1.28 bits per heavy atom. The third kappa shape index (κ3) is 3.91. The van der Waals surface area contributed by atoms with Crippen LogP contribution in [-0.2, 0) is 4.79 Å². The summed E-state index contributed by atoms with van der Waals surface area (Å²) >= 11 is 0.837. The first-order chi connectivity index (χ1) is 13.7. The smallest absolute Gasteiger partial charge is 0.358 e. The van der Waals surface area contributed by atoms with Gasteiger partial charge in [0.2, 0.25) is 17.5 Å². The van der Waals surface area contributed by atoms with Gasteiger partial charge < -0.3 is 26.0 Å².